The predicted molar refractivity (Wildman–Crippen MR) is 121 cm³/mol. The van der Waals surface area contributed by atoms with Gasteiger partial charge in [-0.3, -0.25) is 9.59 Å². The lowest BCUT2D eigenvalue weighted by Gasteiger charge is -2.18. The van der Waals surface area contributed by atoms with Crippen LogP contribution in [0.1, 0.15) is 37.5 Å². The van der Waals surface area contributed by atoms with Gasteiger partial charge in [0.1, 0.15) is 23.4 Å². The Bertz CT molecular complexity index is 988. The van der Waals surface area contributed by atoms with Crippen molar-refractivity contribution in [3.05, 3.63) is 65.0 Å². The number of hydrogen-bond donors (Lipinski definition) is 1. The fourth-order valence-electron chi connectivity index (χ4n) is 3.51. The van der Waals surface area contributed by atoms with Gasteiger partial charge >= 0.3 is 0 Å². The molecule has 2 amide bonds. The molecule has 0 radical (unpaired) electrons. The molecule has 0 spiro atoms. The molecule has 0 aliphatic carbocycles. The minimum absolute atomic E-state index is 0.0655. The van der Waals surface area contributed by atoms with Gasteiger partial charge in [-0.2, -0.15) is 0 Å². The number of carbonyl (C=O) groups is 2. The second kappa shape index (κ2) is 10.8. The maximum atomic E-state index is 13.0. The lowest BCUT2D eigenvalue weighted by atomic mass is 10.1. The van der Waals surface area contributed by atoms with Crippen molar-refractivity contribution in [3.63, 3.8) is 0 Å². The van der Waals surface area contributed by atoms with Gasteiger partial charge in [0.05, 0.1) is 13.2 Å². The summed E-state index contributed by atoms with van der Waals surface area (Å²) in [6.45, 7) is 6.84. The van der Waals surface area contributed by atoms with E-state index in [0.29, 0.717) is 18.9 Å². The van der Waals surface area contributed by atoms with Crippen molar-refractivity contribution in [3.8, 4) is 11.5 Å². The van der Waals surface area contributed by atoms with E-state index in [0.717, 1.165) is 28.9 Å². The van der Waals surface area contributed by atoms with Crippen molar-refractivity contribution in [2.45, 2.75) is 39.8 Å². The second-order valence-electron chi connectivity index (χ2n) is 7.65. The summed E-state index contributed by atoms with van der Waals surface area (Å²) in [5.41, 5.74) is 2.63. The average Bonchev–Trinajstić information content (AvgIpc) is 3.14. The highest BCUT2D eigenvalue weighted by Gasteiger charge is 2.21. The van der Waals surface area contributed by atoms with Crippen LogP contribution in [-0.2, 0) is 22.6 Å². The summed E-state index contributed by atoms with van der Waals surface area (Å²) in [6.07, 6.45) is 4.08. The molecule has 6 nitrogen and oxygen atoms in total. The second-order valence-corrected chi connectivity index (χ2v) is 7.65. The van der Waals surface area contributed by atoms with Gasteiger partial charge in [-0.25, -0.2) is 4.39 Å². The quantitative estimate of drug-likeness (QED) is 0.604. The SMILES string of the molecule is CCOc1cc2c(cc1C=CC(=O)N(CC)CC(=O)NCc1ccc(F)cc1)OC(C)C2. The first-order valence-corrected chi connectivity index (χ1v) is 10.8. The molecule has 0 aromatic heterocycles. The lowest BCUT2D eigenvalue weighted by molar-refractivity contribution is -0.132. The lowest BCUT2D eigenvalue weighted by Crippen LogP contribution is -2.39. The van der Waals surface area contributed by atoms with Crippen LogP contribution in [0.2, 0.25) is 0 Å². The minimum Gasteiger partial charge on any atom is -0.493 e. The largest absolute Gasteiger partial charge is 0.493 e. The van der Waals surface area contributed by atoms with Crippen LogP contribution in [0, 0.1) is 5.82 Å². The number of amides is 2. The van der Waals surface area contributed by atoms with Gasteiger partial charge in [-0.1, -0.05) is 12.1 Å². The number of likely N-dealkylation sites (N-methyl/N-ethyl adjacent to an activating group) is 1. The van der Waals surface area contributed by atoms with E-state index in [-0.39, 0.29) is 36.8 Å². The molecule has 170 valence electrons. The van der Waals surface area contributed by atoms with Gasteiger partial charge in [0.15, 0.2) is 0 Å². The minimum atomic E-state index is -0.327. The fourth-order valence-corrected chi connectivity index (χ4v) is 3.51. The van der Waals surface area contributed by atoms with Crippen LogP contribution in [-0.4, -0.2) is 42.5 Å². The maximum absolute atomic E-state index is 13.0. The molecule has 1 aliphatic rings. The molecule has 7 heteroatoms. The van der Waals surface area contributed by atoms with Gasteiger partial charge in [-0.15, -0.1) is 0 Å². The van der Waals surface area contributed by atoms with Gasteiger partial charge in [0, 0.05) is 36.7 Å². The number of carbonyl (C=O) groups excluding carboxylic acids is 2. The van der Waals surface area contributed by atoms with Gasteiger partial charge < -0.3 is 19.7 Å². The van der Waals surface area contributed by atoms with E-state index in [2.05, 4.69) is 5.32 Å². The first-order valence-electron chi connectivity index (χ1n) is 10.8. The molecule has 32 heavy (non-hydrogen) atoms. The first-order chi connectivity index (χ1) is 15.4. The van der Waals surface area contributed by atoms with Crippen molar-refractivity contribution in [1.29, 1.82) is 0 Å². The number of fused-ring (bicyclic) bond motifs is 1. The predicted octanol–water partition coefficient (Wildman–Crippen LogP) is 3.73. The Morgan fingerprint density at radius 3 is 2.69 bits per heavy atom. The Morgan fingerprint density at radius 1 is 1.25 bits per heavy atom. The number of rotatable bonds is 9. The molecular formula is C25H29FN2O4. The molecule has 0 saturated heterocycles. The number of halogens is 1. The van der Waals surface area contributed by atoms with E-state index in [1.807, 2.05) is 32.9 Å². The van der Waals surface area contributed by atoms with Crippen LogP contribution in [0.4, 0.5) is 4.39 Å². The zero-order valence-corrected chi connectivity index (χ0v) is 18.7. The van der Waals surface area contributed by atoms with Crippen molar-refractivity contribution >= 4 is 17.9 Å². The molecule has 0 saturated carbocycles. The van der Waals surface area contributed by atoms with Crippen LogP contribution in [0.25, 0.3) is 6.08 Å². The van der Waals surface area contributed by atoms with Crippen LogP contribution in [0.3, 0.4) is 0 Å². The summed E-state index contributed by atoms with van der Waals surface area (Å²) in [7, 11) is 0. The van der Waals surface area contributed by atoms with Crippen LogP contribution < -0.4 is 14.8 Å². The van der Waals surface area contributed by atoms with Crippen LogP contribution in [0.15, 0.2) is 42.5 Å². The number of nitrogens with one attached hydrogen (secondary N) is 1. The standard InChI is InChI=1S/C25H29FN2O4/c1-4-28(16-24(29)27-15-18-6-9-21(26)10-7-18)25(30)11-8-19-13-23-20(12-17(3)32-23)14-22(19)31-5-2/h6-11,13-14,17H,4-5,12,15-16H2,1-3H3,(H,27,29). The van der Waals surface area contributed by atoms with Crippen molar-refractivity contribution in [2.24, 2.45) is 0 Å². The summed E-state index contributed by atoms with van der Waals surface area (Å²) >= 11 is 0. The number of nitrogens with zero attached hydrogens (tertiary/aromatic N) is 1. The fraction of sp³-hybridized carbons (Fsp3) is 0.360. The third-order valence-electron chi connectivity index (χ3n) is 5.16. The van der Waals surface area contributed by atoms with Gasteiger partial charge in [0.25, 0.3) is 0 Å². The Morgan fingerprint density at radius 2 is 2.00 bits per heavy atom. The summed E-state index contributed by atoms with van der Waals surface area (Å²) in [5, 5.41) is 2.75. The zero-order valence-electron chi connectivity index (χ0n) is 18.7. The van der Waals surface area contributed by atoms with E-state index >= 15 is 0 Å². The zero-order chi connectivity index (χ0) is 23.1. The number of ether oxygens (including phenoxy) is 2. The molecule has 0 bridgehead atoms. The summed E-state index contributed by atoms with van der Waals surface area (Å²) in [5.74, 6) is 0.620. The van der Waals surface area contributed by atoms with Gasteiger partial charge in [0.2, 0.25) is 11.8 Å². The molecular weight excluding hydrogens is 411 g/mol. The Balaban J connectivity index is 1.62. The normalized spacial score (nSPS) is 14.7. The molecule has 1 unspecified atom stereocenters. The van der Waals surface area contributed by atoms with E-state index in [1.54, 1.807) is 18.2 Å². The van der Waals surface area contributed by atoms with E-state index in [9.17, 15) is 14.0 Å². The first kappa shape index (κ1) is 23.3. The Kier molecular flexibility index (Phi) is 7.87. The smallest absolute Gasteiger partial charge is 0.247 e. The highest BCUT2D eigenvalue weighted by atomic mass is 19.1. The summed E-state index contributed by atoms with van der Waals surface area (Å²) < 4.78 is 24.5. The van der Waals surface area contributed by atoms with Crippen LogP contribution in [0.5, 0.6) is 11.5 Å². The highest BCUT2D eigenvalue weighted by molar-refractivity contribution is 5.94. The average molecular weight is 441 g/mol. The monoisotopic (exact) mass is 440 g/mol. The molecule has 1 N–H and O–H groups in total. The molecule has 0 fully saturated rings. The van der Waals surface area contributed by atoms with Gasteiger partial charge in [-0.05, 0) is 56.7 Å². The molecule has 2 aromatic rings. The van der Waals surface area contributed by atoms with E-state index < -0.39 is 0 Å². The molecule has 1 atom stereocenters. The van der Waals surface area contributed by atoms with E-state index in [4.69, 9.17) is 9.47 Å². The van der Waals surface area contributed by atoms with Crippen LogP contribution >= 0.6 is 0 Å². The Hall–Kier alpha value is -3.35. The summed E-state index contributed by atoms with van der Waals surface area (Å²) in [4.78, 5) is 26.4. The Labute approximate surface area is 188 Å². The molecule has 1 heterocycles. The number of benzene rings is 2. The summed E-state index contributed by atoms with van der Waals surface area (Å²) in [6, 6.07) is 9.76. The van der Waals surface area contributed by atoms with E-state index in [1.165, 1.54) is 23.1 Å². The molecule has 3 rings (SSSR count). The van der Waals surface area contributed by atoms with Crippen molar-refractivity contribution in [2.75, 3.05) is 19.7 Å². The third kappa shape index (κ3) is 6.09. The van der Waals surface area contributed by atoms with Crippen molar-refractivity contribution in [1.82, 2.24) is 10.2 Å². The van der Waals surface area contributed by atoms with Crippen molar-refractivity contribution < 1.29 is 23.5 Å². The topological polar surface area (TPSA) is 67.9 Å². The highest BCUT2D eigenvalue weighted by Crippen LogP contribution is 2.35. The maximum Gasteiger partial charge on any atom is 0.247 e. The third-order valence-corrected chi connectivity index (χ3v) is 5.16. The molecule has 2 aromatic carbocycles. The molecule has 1 aliphatic heterocycles. The number of hydrogen-bond acceptors (Lipinski definition) is 4.